The van der Waals surface area contributed by atoms with Crippen LogP contribution in [0.3, 0.4) is 0 Å². The molecule has 0 radical (unpaired) electrons. The molecule has 3 rings (SSSR count). The van der Waals surface area contributed by atoms with E-state index in [0.717, 1.165) is 44.9 Å². The van der Waals surface area contributed by atoms with Gasteiger partial charge in [-0.2, -0.15) is 0 Å². The number of aliphatic hydroxyl groups excluding tert-OH is 11. The maximum absolute atomic E-state index is 13.3. The number of allylic oxidation sites excluding steroid dienone is 3. The minimum Gasteiger partial charge on any atom is -0.394 e. The zero-order valence-electron chi connectivity index (χ0n) is 54.0. The predicted octanol–water partition coefficient (Wildman–Crippen LogP) is 9.05. The van der Waals surface area contributed by atoms with Gasteiger partial charge in [0, 0.05) is 6.42 Å². The summed E-state index contributed by atoms with van der Waals surface area (Å²) in [5.41, 5.74) is 0. The molecule has 0 bridgehead atoms. The van der Waals surface area contributed by atoms with E-state index in [1.54, 1.807) is 6.08 Å². The third-order valence-corrected chi connectivity index (χ3v) is 17.7. The molecule has 0 aliphatic carbocycles. The van der Waals surface area contributed by atoms with Crippen LogP contribution in [-0.2, 0) is 33.2 Å². The van der Waals surface area contributed by atoms with Crippen LogP contribution in [0.1, 0.15) is 271 Å². The summed E-state index contributed by atoms with van der Waals surface area (Å²) in [6, 6.07) is -0.968. The molecule has 17 atom stereocenters. The van der Waals surface area contributed by atoms with Crippen LogP contribution in [0.4, 0.5) is 0 Å². The van der Waals surface area contributed by atoms with Crippen molar-refractivity contribution in [2.24, 2.45) is 0 Å². The van der Waals surface area contributed by atoms with Gasteiger partial charge in [-0.15, -0.1) is 0 Å². The number of aliphatic hydroxyl groups is 11. The number of hydrogen-bond acceptors (Lipinski definition) is 18. The molecule has 3 heterocycles. The number of nitrogens with one attached hydrogen (secondary N) is 1. The van der Waals surface area contributed by atoms with E-state index in [4.69, 9.17) is 28.4 Å². The van der Waals surface area contributed by atoms with E-state index >= 15 is 0 Å². The largest absolute Gasteiger partial charge is 0.394 e. The maximum Gasteiger partial charge on any atom is 0.220 e. The molecule has 0 spiro atoms. The smallest absolute Gasteiger partial charge is 0.220 e. The Balaban J connectivity index is 1.31. The molecule has 17 unspecified atom stereocenters. The SMILES string of the molecule is CCCCCCCCC/C=C/C(O)C(COC1OC(CO)C(OC2OC(CO)C(OC3OC(CO)C(O)C(O)C3O)C(O)C2O)C(O)C1O)NC(=O)CCCCCCCCCCCCCCCCCCCCCCC/C=C\CCCCCCCCCC. The number of hydrogen-bond donors (Lipinski definition) is 12. The van der Waals surface area contributed by atoms with E-state index in [0.29, 0.717) is 6.42 Å². The molecule has 87 heavy (non-hydrogen) atoms. The highest BCUT2D eigenvalue weighted by molar-refractivity contribution is 5.76. The monoisotopic (exact) mass is 1250 g/mol. The van der Waals surface area contributed by atoms with Crippen molar-refractivity contribution < 1.29 is 89.4 Å². The lowest BCUT2D eigenvalue weighted by Gasteiger charge is -2.48. The minimum absolute atomic E-state index is 0.247. The number of unbranched alkanes of at least 4 members (excludes halogenated alkanes) is 36. The summed E-state index contributed by atoms with van der Waals surface area (Å²) in [6.07, 6.45) is 30.7. The molecule has 19 nitrogen and oxygen atoms in total. The fourth-order valence-electron chi connectivity index (χ4n) is 12.0. The van der Waals surface area contributed by atoms with Crippen LogP contribution in [0.5, 0.6) is 0 Å². The molecular formula is C68H127NO18. The van der Waals surface area contributed by atoms with Gasteiger partial charge in [0.25, 0.3) is 0 Å². The van der Waals surface area contributed by atoms with Crippen molar-refractivity contribution in [1.29, 1.82) is 0 Å². The van der Waals surface area contributed by atoms with Gasteiger partial charge in [0.05, 0.1) is 38.6 Å². The Labute approximate surface area is 524 Å². The summed E-state index contributed by atoms with van der Waals surface area (Å²) in [5, 5.41) is 120. The Morgan fingerprint density at radius 3 is 1.11 bits per heavy atom. The van der Waals surface area contributed by atoms with Crippen LogP contribution in [0.2, 0.25) is 0 Å². The first-order chi connectivity index (χ1) is 42.3. The first-order valence-corrected chi connectivity index (χ1v) is 35.1. The van der Waals surface area contributed by atoms with Crippen LogP contribution in [0, 0.1) is 0 Å². The Bertz CT molecular complexity index is 1680. The quantitative estimate of drug-likeness (QED) is 0.0200. The average molecular weight is 1250 g/mol. The molecule has 0 aromatic heterocycles. The van der Waals surface area contributed by atoms with E-state index in [1.165, 1.54) is 199 Å². The highest BCUT2D eigenvalue weighted by Crippen LogP contribution is 2.33. The second-order valence-electron chi connectivity index (χ2n) is 25.3. The highest BCUT2D eigenvalue weighted by Gasteiger charge is 2.53. The standard InChI is InChI=1S/C68H127NO18/c1-3-5-7-9-11-13-14-15-16-17-18-19-20-21-22-23-24-25-26-27-28-29-30-31-32-33-34-35-36-38-40-42-44-46-56(74)69-51(52(73)45-43-41-39-37-12-10-8-6-4-2)50-82-66-62(80)59(77)64(54(48-71)84-66)87-68-63(81)60(78)65(55(49-72)85-68)86-67-61(79)58(76)57(75)53(47-70)83-67/h17-18,43,45,51-55,57-68,70-73,75-81H,3-16,19-42,44,46-50H2,1-2H3,(H,69,74)/b18-17-,45-43+. The van der Waals surface area contributed by atoms with Crippen LogP contribution >= 0.6 is 0 Å². The van der Waals surface area contributed by atoms with Crippen molar-refractivity contribution in [1.82, 2.24) is 5.32 Å². The van der Waals surface area contributed by atoms with Gasteiger partial charge in [-0.05, 0) is 44.9 Å². The molecule has 19 heteroatoms. The molecule has 0 aromatic rings. The molecule has 3 aliphatic rings. The number of amides is 1. The lowest BCUT2D eigenvalue weighted by molar-refractivity contribution is -0.379. The van der Waals surface area contributed by atoms with Crippen molar-refractivity contribution in [3.63, 3.8) is 0 Å². The molecule has 3 saturated heterocycles. The lowest BCUT2D eigenvalue weighted by Crippen LogP contribution is -2.66. The van der Waals surface area contributed by atoms with E-state index in [1.807, 2.05) is 6.08 Å². The summed E-state index contributed by atoms with van der Waals surface area (Å²) >= 11 is 0. The van der Waals surface area contributed by atoms with E-state index in [9.17, 15) is 61.0 Å². The first kappa shape index (κ1) is 79.5. The van der Waals surface area contributed by atoms with Gasteiger partial charge < -0.3 is 89.9 Å². The topological polar surface area (TPSA) is 307 Å². The Morgan fingerprint density at radius 1 is 0.402 bits per heavy atom. The maximum atomic E-state index is 13.3. The summed E-state index contributed by atoms with van der Waals surface area (Å²) in [6.45, 7) is 1.71. The Morgan fingerprint density at radius 2 is 0.724 bits per heavy atom. The van der Waals surface area contributed by atoms with Crippen LogP contribution in [0.15, 0.2) is 24.3 Å². The van der Waals surface area contributed by atoms with Gasteiger partial charge in [0.15, 0.2) is 18.9 Å². The lowest BCUT2D eigenvalue weighted by atomic mass is 9.96. The van der Waals surface area contributed by atoms with Crippen molar-refractivity contribution in [3.05, 3.63) is 24.3 Å². The predicted molar refractivity (Wildman–Crippen MR) is 337 cm³/mol. The van der Waals surface area contributed by atoms with Gasteiger partial charge in [0.1, 0.15) is 73.2 Å². The summed E-state index contributed by atoms with van der Waals surface area (Å²) in [5.74, 6) is -0.274. The van der Waals surface area contributed by atoms with Gasteiger partial charge >= 0.3 is 0 Å². The van der Waals surface area contributed by atoms with Gasteiger partial charge in [-0.1, -0.05) is 244 Å². The fourth-order valence-corrected chi connectivity index (χ4v) is 12.0. The number of carbonyl (C=O) groups excluding carboxylic acids is 1. The first-order valence-electron chi connectivity index (χ1n) is 35.1. The summed E-state index contributed by atoms with van der Waals surface area (Å²) in [4.78, 5) is 13.3. The van der Waals surface area contributed by atoms with Crippen LogP contribution in [-0.4, -0.2) is 193 Å². The molecule has 3 fully saturated rings. The fraction of sp³-hybridized carbons (Fsp3) is 0.926. The Hall–Kier alpha value is -1.73. The molecule has 512 valence electrons. The van der Waals surface area contributed by atoms with Gasteiger partial charge in [-0.25, -0.2) is 0 Å². The molecular weight excluding hydrogens is 1120 g/mol. The minimum atomic E-state index is -1.98. The second-order valence-corrected chi connectivity index (χ2v) is 25.3. The van der Waals surface area contributed by atoms with Crippen molar-refractivity contribution in [2.75, 3.05) is 26.4 Å². The number of carbonyl (C=O) groups is 1. The third kappa shape index (κ3) is 33.1. The summed E-state index contributed by atoms with van der Waals surface area (Å²) < 4.78 is 34.2. The van der Waals surface area contributed by atoms with Crippen LogP contribution < -0.4 is 5.32 Å². The van der Waals surface area contributed by atoms with Crippen molar-refractivity contribution >= 4 is 5.91 Å². The molecule has 12 N–H and O–H groups in total. The highest BCUT2D eigenvalue weighted by atomic mass is 16.8. The van der Waals surface area contributed by atoms with Crippen LogP contribution in [0.25, 0.3) is 0 Å². The third-order valence-electron chi connectivity index (χ3n) is 17.7. The van der Waals surface area contributed by atoms with Gasteiger partial charge in [0.2, 0.25) is 5.91 Å². The van der Waals surface area contributed by atoms with E-state index in [-0.39, 0.29) is 18.9 Å². The molecule has 1 amide bonds. The van der Waals surface area contributed by atoms with Gasteiger partial charge in [-0.3, -0.25) is 4.79 Å². The number of rotatable bonds is 54. The average Bonchev–Trinajstić information content (AvgIpc) is 3.66. The second kappa shape index (κ2) is 50.8. The Kier molecular flexibility index (Phi) is 46.4. The zero-order chi connectivity index (χ0) is 63.3. The van der Waals surface area contributed by atoms with E-state index < -0.39 is 124 Å². The number of ether oxygens (including phenoxy) is 6. The summed E-state index contributed by atoms with van der Waals surface area (Å²) in [7, 11) is 0. The van der Waals surface area contributed by atoms with E-state index in [2.05, 4.69) is 31.3 Å². The molecule has 0 saturated carbocycles. The molecule has 0 aromatic carbocycles. The molecule has 3 aliphatic heterocycles. The van der Waals surface area contributed by atoms with Crippen molar-refractivity contribution in [2.45, 2.75) is 375 Å². The van der Waals surface area contributed by atoms with Crippen molar-refractivity contribution in [3.8, 4) is 0 Å². The normalized spacial score (nSPS) is 28.7. The zero-order valence-corrected chi connectivity index (χ0v) is 54.0.